The second kappa shape index (κ2) is 16.9. The molecule has 0 atom stereocenters. The zero-order valence-electron chi connectivity index (χ0n) is 26.9. The SMILES string of the molecule is COCCCCCCOC(=O)C#Cc1ccc(/C(=C(\c2ccccc2)c2ccc(C#CC(C)(C)C)cc2)c2ccccc2)cc1. The van der Waals surface area contributed by atoms with Gasteiger partial charge in [0.05, 0.1) is 6.61 Å². The number of methoxy groups -OCH3 is 1. The van der Waals surface area contributed by atoms with Gasteiger partial charge in [0.15, 0.2) is 0 Å². The summed E-state index contributed by atoms with van der Waals surface area (Å²) >= 11 is 0. The van der Waals surface area contributed by atoms with Crippen LogP contribution in [-0.4, -0.2) is 26.3 Å². The average molecular weight is 595 g/mol. The topological polar surface area (TPSA) is 35.5 Å². The molecule has 0 unspecified atom stereocenters. The first kappa shape index (κ1) is 33.1. The first-order valence-corrected chi connectivity index (χ1v) is 15.6. The van der Waals surface area contributed by atoms with Gasteiger partial charge in [-0.1, -0.05) is 109 Å². The van der Waals surface area contributed by atoms with E-state index in [1.807, 2.05) is 24.3 Å². The van der Waals surface area contributed by atoms with Crippen LogP contribution in [0.15, 0.2) is 109 Å². The van der Waals surface area contributed by atoms with E-state index in [-0.39, 0.29) is 5.41 Å². The summed E-state index contributed by atoms with van der Waals surface area (Å²) in [6.07, 6.45) is 3.92. The third kappa shape index (κ3) is 10.7. The largest absolute Gasteiger partial charge is 0.456 e. The summed E-state index contributed by atoms with van der Waals surface area (Å²) in [6.45, 7) is 7.51. The van der Waals surface area contributed by atoms with Crippen molar-refractivity contribution in [2.75, 3.05) is 20.3 Å². The van der Waals surface area contributed by atoms with Crippen LogP contribution in [0.4, 0.5) is 0 Å². The fraction of sp³-hybridized carbons (Fsp3) is 0.262. The highest BCUT2D eigenvalue weighted by atomic mass is 16.5. The molecule has 0 saturated heterocycles. The molecule has 0 aliphatic carbocycles. The van der Waals surface area contributed by atoms with E-state index >= 15 is 0 Å². The van der Waals surface area contributed by atoms with Crippen LogP contribution in [0.25, 0.3) is 11.1 Å². The number of hydrogen-bond acceptors (Lipinski definition) is 3. The highest BCUT2D eigenvalue weighted by molar-refractivity contribution is 6.04. The molecule has 0 saturated carbocycles. The maximum absolute atomic E-state index is 12.2. The lowest BCUT2D eigenvalue weighted by Crippen LogP contribution is -2.03. The molecule has 3 heteroatoms. The van der Waals surface area contributed by atoms with E-state index in [0.717, 1.165) is 76.8 Å². The zero-order chi connectivity index (χ0) is 31.9. The van der Waals surface area contributed by atoms with Crippen molar-refractivity contribution in [3.8, 4) is 23.7 Å². The molecule has 0 N–H and O–H groups in total. The van der Waals surface area contributed by atoms with Crippen LogP contribution in [0, 0.1) is 29.1 Å². The lowest BCUT2D eigenvalue weighted by molar-refractivity contribution is -0.136. The Balaban J connectivity index is 1.65. The average Bonchev–Trinajstić information content (AvgIpc) is 3.06. The van der Waals surface area contributed by atoms with Gasteiger partial charge in [0.2, 0.25) is 0 Å². The van der Waals surface area contributed by atoms with Gasteiger partial charge >= 0.3 is 5.97 Å². The fourth-order valence-electron chi connectivity index (χ4n) is 4.85. The lowest BCUT2D eigenvalue weighted by Gasteiger charge is -2.18. The maximum atomic E-state index is 12.2. The minimum atomic E-state index is -0.497. The smallest absolute Gasteiger partial charge is 0.384 e. The molecule has 4 aromatic carbocycles. The number of unbranched alkanes of at least 4 members (excludes halogenated alkanes) is 3. The quantitative estimate of drug-likeness (QED) is 0.0752. The summed E-state index contributed by atoms with van der Waals surface area (Å²) in [5.74, 6) is 11.8. The van der Waals surface area contributed by atoms with E-state index in [2.05, 4.69) is 129 Å². The molecule has 228 valence electrons. The Morgan fingerprint density at radius 2 is 1.02 bits per heavy atom. The Bertz CT molecular complexity index is 1670. The van der Waals surface area contributed by atoms with Gasteiger partial charge in [-0.25, -0.2) is 4.79 Å². The summed E-state index contributed by atoms with van der Waals surface area (Å²) in [7, 11) is 1.71. The van der Waals surface area contributed by atoms with Crippen molar-refractivity contribution >= 4 is 17.1 Å². The Labute approximate surface area is 269 Å². The molecule has 0 bridgehead atoms. The van der Waals surface area contributed by atoms with Gasteiger partial charge < -0.3 is 9.47 Å². The standard InChI is InChI=1S/C42H42O3/c1-42(2,3)30-29-34-21-26-38(27-22-34)41(36-17-11-8-12-18-36)40(35-15-9-7-10-16-35)37-24-19-33(20-25-37)23-28-39(43)45-32-14-6-5-13-31-44-4/h7-12,15-22,24-27H,5-6,13-14,31-32H2,1-4H3/b41-40+. The van der Waals surface area contributed by atoms with Gasteiger partial charge in [0.1, 0.15) is 0 Å². The van der Waals surface area contributed by atoms with Crippen LogP contribution in [-0.2, 0) is 14.3 Å². The highest BCUT2D eigenvalue weighted by Crippen LogP contribution is 2.37. The molecule has 3 nitrogen and oxygen atoms in total. The van der Waals surface area contributed by atoms with Crippen LogP contribution in [0.2, 0.25) is 0 Å². The van der Waals surface area contributed by atoms with Crippen molar-refractivity contribution in [3.63, 3.8) is 0 Å². The number of rotatable bonds is 11. The van der Waals surface area contributed by atoms with Crippen LogP contribution in [0.3, 0.4) is 0 Å². The van der Waals surface area contributed by atoms with Crippen molar-refractivity contribution in [1.82, 2.24) is 0 Å². The summed E-state index contributed by atoms with van der Waals surface area (Å²) in [6, 6.07) is 37.5. The number of hydrogen-bond donors (Lipinski definition) is 0. The van der Waals surface area contributed by atoms with Crippen molar-refractivity contribution in [3.05, 3.63) is 143 Å². The van der Waals surface area contributed by atoms with E-state index in [1.54, 1.807) is 7.11 Å². The predicted molar refractivity (Wildman–Crippen MR) is 185 cm³/mol. The molecule has 45 heavy (non-hydrogen) atoms. The lowest BCUT2D eigenvalue weighted by atomic mass is 9.85. The molecule has 0 aliphatic rings. The summed E-state index contributed by atoms with van der Waals surface area (Å²) < 4.78 is 10.4. The normalized spacial score (nSPS) is 11.4. The highest BCUT2D eigenvalue weighted by Gasteiger charge is 2.16. The number of benzene rings is 4. The fourth-order valence-corrected chi connectivity index (χ4v) is 4.85. The second-order valence-corrected chi connectivity index (χ2v) is 11.9. The first-order valence-electron chi connectivity index (χ1n) is 15.6. The van der Waals surface area contributed by atoms with E-state index < -0.39 is 5.97 Å². The van der Waals surface area contributed by atoms with E-state index in [4.69, 9.17) is 9.47 Å². The number of ether oxygens (including phenoxy) is 2. The third-order valence-corrected chi connectivity index (χ3v) is 7.09. The van der Waals surface area contributed by atoms with Gasteiger partial charge in [0.25, 0.3) is 0 Å². The van der Waals surface area contributed by atoms with Crippen LogP contribution in [0.1, 0.15) is 79.8 Å². The minimum absolute atomic E-state index is 0.0604. The zero-order valence-corrected chi connectivity index (χ0v) is 26.9. The van der Waals surface area contributed by atoms with Crippen LogP contribution in [0.5, 0.6) is 0 Å². The predicted octanol–water partition coefficient (Wildman–Crippen LogP) is 9.19. The molecule has 4 aromatic rings. The van der Waals surface area contributed by atoms with Gasteiger partial charge in [-0.3, -0.25) is 0 Å². The van der Waals surface area contributed by atoms with Gasteiger partial charge in [-0.05, 0) is 97.7 Å². The van der Waals surface area contributed by atoms with Gasteiger partial charge in [-0.2, -0.15) is 0 Å². The monoisotopic (exact) mass is 594 g/mol. The first-order chi connectivity index (χ1) is 21.8. The minimum Gasteiger partial charge on any atom is -0.456 e. The molecule has 4 rings (SSSR count). The second-order valence-electron chi connectivity index (χ2n) is 11.9. The van der Waals surface area contributed by atoms with E-state index in [1.165, 1.54) is 0 Å². The Morgan fingerprint density at radius 3 is 1.49 bits per heavy atom. The summed E-state index contributed by atoms with van der Waals surface area (Å²) in [5, 5.41) is 0. The molecular formula is C42H42O3. The molecule has 0 heterocycles. The Morgan fingerprint density at radius 1 is 0.578 bits per heavy atom. The van der Waals surface area contributed by atoms with Crippen LogP contribution >= 0.6 is 0 Å². The number of esters is 1. The molecule has 0 amide bonds. The molecule has 0 spiro atoms. The van der Waals surface area contributed by atoms with E-state index in [0.29, 0.717) is 6.61 Å². The molecule has 0 fully saturated rings. The summed E-state index contributed by atoms with van der Waals surface area (Å²) in [5.41, 5.74) is 8.31. The van der Waals surface area contributed by atoms with Gasteiger partial charge in [-0.15, -0.1) is 0 Å². The molecule has 0 radical (unpaired) electrons. The molecular weight excluding hydrogens is 552 g/mol. The van der Waals surface area contributed by atoms with Crippen LogP contribution < -0.4 is 0 Å². The molecule has 0 aromatic heterocycles. The van der Waals surface area contributed by atoms with Gasteiger partial charge in [0, 0.05) is 36.2 Å². The molecule has 0 aliphatic heterocycles. The Kier molecular flexibility index (Phi) is 12.4. The summed E-state index contributed by atoms with van der Waals surface area (Å²) in [4.78, 5) is 12.2. The van der Waals surface area contributed by atoms with E-state index in [9.17, 15) is 4.79 Å². The maximum Gasteiger partial charge on any atom is 0.384 e. The third-order valence-electron chi connectivity index (χ3n) is 7.09. The van der Waals surface area contributed by atoms with Crippen molar-refractivity contribution in [2.24, 2.45) is 5.41 Å². The number of carbonyl (C=O) groups is 1. The van der Waals surface area contributed by atoms with Crippen molar-refractivity contribution in [1.29, 1.82) is 0 Å². The van der Waals surface area contributed by atoms with Crippen molar-refractivity contribution in [2.45, 2.75) is 46.5 Å². The van der Waals surface area contributed by atoms with Crippen molar-refractivity contribution < 1.29 is 14.3 Å². The Hall–Kier alpha value is -4.83. The number of carbonyl (C=O) groups excluding carboxylic acids is 1.